The van der Waals surface area contributed by atoms with Crippen molar-refractivity contribution in [2.75, 3.05) is 0 Å². The van der Waals surface area contributed by atoms with Gasteiger partial charge in [-0.25, -0.2) is 15.0 Å². The van der Waals surface area contributed by atoms with E-state index in [0.29, 0.717) is 17.5 Å². The number of aromatic nitrogens is 3. The van der Waals surface area contributed by atoms with E-state index in [0.717, 1.165) is 38.9 Å². The molecule has 1 aliphatic rings. The molecule has 0 N–H and O–H groups in total. The van der Waals surface area contributed by atoms with Crippen LogP contribution in [0.15, 0.2) is 200 Å². The van der Waals surface area contributed by atoms with E-state index < -0.39 is 0 Å². The maximum atomic E-state index is 5.06. The molecule has 0 radical (unpaired) electrons. The lowest BCUT2D eigenvalue weighted by molar-refractivity contribution is 0.660. The summed E-state index contributed by atoms with van der Waals surface area (Å²) in [5, 5.41) is 0. The van der Waals surface area contributed by atoms with Crippen LogP contribution in [0.5, 0.6) is 0 Å². The van der Waals surface area contributed by atoms with Crippen LogP contribution in [0.1, 0.15) is 25.0 Å². The van der Waals surface area contributed by atoms with Gasteiger partial charge in [-0.15, -0.1) is 0 Å². The van der Waals surface area contributed by atoms with E-state index in [2.05, 4.69) is 202 Å². The van der Waals surface area contributed by atoms with Crippen molar-refractivity contribution in [3.05, 3.63) is 211 Å². The van der Waals surface area contributed by atoms with Gasteiger partial charge in [-0.1, -0.05) is 202 Å². The molecular weight excluding hydrogens is 691 g/mol. The molecule has 0 aliphatic heterocycles. The molecular formula is C54H39N3. The van der Waals surface area contributed by atoms with Gasteiger partial charge in [0.1, 0.15) is 0 Å². The maximum Gasteiger partial charge on any atom is 0.164 e. The summed E-state index contributed by atoms with van der Waals surface area (Å²) in [6.07, 6.45) is 0. The van der Waals surface area contributed by atoms with E-state index in [1.807, 2.05) is 12.1 Å². The zero-order chi connectivity index (χ0) is 38.3. The van der Waals surface area contributed by atoms with Crippen molar-refractivity contribution < 1.29 is 0 Å². The monoisotopic (exact) mass is 729 g/mol. The molecule has 0 spiro atoms. The molecule has 0 saturated heterocycles. The lowest BCUT2D eigenvalue weighted by atomic mass is 9.81. The number of hydrogen-bond donors (Lipinski definition) is 0. The van der Waals surface area contributed by atoms with E-state index in [1.165, 1.54) is 44.5 Å². The van der Waals surface area contributed by atoms with Gasteiger partial charge in [-0.3, -0.25) is 0 Å². The van der Waals surface area contributed by atoms with Crippen molar-refractivity contribution in [1.82, 2.24) is 15.0 Å². The molecule has 1 aromatic heterocycles. The number of hydrogen-bond acceptors (Lipinski definition) is 3. The molecule has 8 aromatic carbocycles. The van der Waals surface area contributed by atoms with Crippen molar-refractivity contribution in [2.45, 2.75) is 19.3 Å². The van der Waals surface area contributed by atoms with Crippen molar-refractivity contribution in [2.24, 2.45) is 0 Å². The fourth-order valence-corrected chi connectivity index (χ4v) is 8.22. The zero-order valence-corrected chi connectivity index (χ0v) is 31.9. The molecule has 9 aromatic rings. The zero-order valence-electron chi connectivity index (χ0n) is 31.9. The minimum atomic E-state index is -0.0403. The molecule has 270 valence electrons. The highest BCUT2D eigenvalue weighted by molar-refractivity contribution is 5.84. The summed E-state index contributed by atoms with van der Waals surface area (Å²) in [5.41, 5.74) is 17.6. The summed E-state index contributed by atoms with van der Waals surface area (Å²) < 4.78 is 0. The van der Waals surface area contributed by atoms with Crippen molar-refractivity contribution in [3.63, 3.8) is 0 Å². The topological polar surface area (TPSA) is 38.7 Å². The largest absolute Gasteiger partial charge is 0.208 e. The summed E-state index contributed by atoms with van der Waals surface area (Å²) in [6, 6.07) is 70.9. The minimum Gasteiger partial charge on any atom is -0.208 e. The highest BCUT2D eigenvalue weighted by Gasteiger charge is 2.35. The average Bonchev–Trinajstić information content (AvgIpc) is 3.52. The Kier molecular flexibility index (Phi) is 8.49. The molecule has 3 heteroatoms. The first-order chi connectivity index (χ1) is 28.0. The first kappa shape index (κ1) is 34.3. The van der Waals surface area contributed by atoms with Gasteiger partial charge >= 0.3 is 0 Å². The van der Waals surface area contributed by atoms with E-state index in [9.17, 15) is 0 Å². The first-order valence-electron chi connectivity index (χ1n) is 19.5. The van der Waals surface area contributed by atoms with E-state index >= 15 is 0 Å². The number of nitrogens with zero attached hydrogens (tertiary/aromatic N) is 3. The number of rotatable bonds is 7. The van der Waals surface area contributed by atoms with Gasteiger partial charge in [0.05, 0.1) is 0 Å². The molecule has 1 heterocycles. The molecule has 0 amide bonds. The fourth-order valence-electron chi connectivity index (χ4n) is 8.22. The quantitative estimate of drug-likeness (QED) is 0.164. The van der Waals surface area contributed by atoms with Crippen LogP contribution < -0.4 is 0 Å². The maximum absolute atomic E-state index is 5.06. The Labute approximate surface area is 334 Å². The normalized spacial score (nSPS) is 12.5. The Bertz CT molecular complexity index is 2780. The SMILES string of the molecule is CC1(C)c2ccccc2-c2ccc(-c3cccc(-c4ccc(-c5nc(-c6ccc(-c7ccccc7)cc6)nc(-c6ccc(-c7ccccc7)cc6)n5)cc4)c3)cc21. The molecule has 3 nitrogen and oxygen atoms in total. The third-order valence-electron chi connectivity index (χ3n) is 11.4. The van der Waals surface area contributed by atoms with Crippen LogP contribution in [0, 0.1) is 0 Å². The second-order valence-electron chi connectivity index (χ2n) is 15.3. The molecule has 0 unspecified atom stereocenters. The summed E-state index contributed by atoms with van der Waals surface area (Å²) in [4.78, 5) is 15.1. The van der Waals surface area contributed by atoms with Crippen LogP contribution in [0.4, 0.5) is 0 Å². The molecule has 0 atom stereocenters. The van der Waals surface area contributed by atoms with E-state index in [-0.39, 0.29) is 5.41 Å². The summed E-state index contributed by atoms with van der Waals surface area (Å²) in [5.74, 6) is 1.91. The van der Waals surface area contributed by atoms with Crippen LogP contribution in [0.25, 0.3) is 89.8 Å². The average molecular weight is 730 g/mol. The molecule has 0 saturated carbocycles. The van der Waals surface area contributed by atoms with E-state index in [1.54, 1.807) is 0 Å². The predicted molar refractivity (Wildman–Crippen MR) is 235 cm³/mol. The minimum absolute atomic E-state index is 0.0403. The molecule has 10 rings (SSSR count). The first-order valence-corrected chi connectivity index (χ1v) is 19.5. The number of fused-ring (bicyclic) bond motifs is 3. The fraction of sp³-hybridized carbons (Fsp3) is 0.0556. The predicted octanol–water partition coefficient (Wildman–Crippen LogP) is 13.8. The second-order valence-corrected chi connectivity index (χ2v) is 15.3. The van der Waals surface area contributed by atoms with Gasteiger partial charge in [0.25, 0.3) is 0 Å². The highest BCUT2D eigenvalue weighted by Crippen LogP contribution is 2.49. The third kappa shape index (κ3) is 6.43. The van der Waals surface area contributed by atoms with Gasteiger partial charge in [-0.05, 0) is 78.9 Å². The number of benzene rings is 8. The molecule has 1 aliphatic carbocycles. The van der Waals surface area contributed by atoms with Crippen LogP contribution in [-0.2, 0) is 5.41 Å². The van der Waals surface area contributed by atoms with Crippen molar-refractivity contribution in [3.8, 4) is 89.8 Å². The second kappa shape index (κ2) is 14.1. The van der Waals surface area contributed by atoms with Gasteiger partial charge in [0.2, 0.25) is 0 Å². The lowest BCUT2D eigenvalue weighted by Crippen LogP contribution is -2.14. The summed E-state index contributed by atoms with van der Waals surface area (Å²) >= 11 is 0. The smallest absolute Gasteiger partial charge is 0.164 e. The van der Waals surface area contributed by atoms with Gasteiger partial charge in [-0.2, -0.15) is 0 Å². The lowest BCUT2D eigenvalue weighted by Gasteiger charge is -2.22. The summed E-state index contributed by atoms with van der Waals surface area (Å²) in [7, 11) is 0. The Morgan fingerprint density at radius 1 is 0.263 bits per heavy atom. The Morgan fingerprint density at radius 2 is 0.596 bits per heavy atom. The van der Waals surface area contributed by atoms with Crippen LogP contribution in [0.2, 0.25) is 0 Å². The Morgan fingerprint density at radius 3 is 1.11 bits per heavy atom. The van der Waals surface area contributed by atoms with Crippen LogP contribution in [0.3, 0.4) is 0 Å². The Hall–Kier alpha value is -7.23. The molecule has 0 fully saturated rings. The standard InChI is InChI=1S/C54H39N3/c1-54(2)49-19-10-9-18-47(49)48-33-32-46(35-50(48)54)45-17-11-16-44(34-45)40-24-30-43(31-25-40)53-56-51(41-26-20-38(21-27-41)36-12-5-3-6-13-36)55-52(57-53)42-28-22-39(23-29-42)37-14-7-4-8-15-37/h3-35H,1-2H3. The van der Waals surface area contributed by atoms with Crippen molar-refractivity contribution in [1.29, 1.82) is 0 Å². The van der Waals surface area contributed by atoms with Gasteiger partial charge in [0.15, 0.2) is 17.5 Å². The summed E-state index contributed by atoms with van der Waals surface area (Å²) in [6.45, 7) is 4.67. The molecule has 0 bridgehead atoms. The van der Waals surface area contributed by atoms with E-state index in [4.69, 9.17) is 15.0 Å². The van der Waals surface area contributed by atoms with Crippen LogP contribution >= 0.6 is 0 Å². The Balaban J connectivity index is 0.984. The van der Waals surface area contributed by atoms with Crippen molar-refractivity contribution >= 4 is 0 Å². The van der Waals surface area contributed by atoms with Crippen LogP contribution in [-0.4, -0.2) is 15.0 Å². The highest BCUT2D eigenvalue weighted by atomic mass is 15.0. The van der Waals surface area contributed by atoms with Gasteiger partial charge < -0.3 is 0 Å². The molecule has 57 heavy (non-hydrogen) atoms. The third-order valence-corrected chi connectivity index (χ3v) is 11.4. The van der Waals surface area contributed by atoms with Gasteiger partial charge in [0, 0.05) is 22.1 Å².